The van der Waals surface area contributed by atoms with Gasteiger partial charge in [-0.2, -0.15) is 0 Å². The molecule has 0 fully saturated rings. The summed E-state index contributed by atoms with van der Waals surface area (Å²) in [5, 5.41) is 2.91. The summed E-state index contributed by atoms with van der Waals surface area (Å²) in [4.78, 5) is 11.5. The van der Waals surface area contributed by atoms with Crippen LogP contribution in [0.1, 0.15) is 27.2 Å². The van der Waals surface area contributed by atoms with Crippen LogP contribution in [0.4, 0.5) is 0 Å². The van der Waals surface area contributed by atoms with Crippen LogP contribution in [0.15, 0.2) is 11.6 Å². The molecule has 0 radical (unpaired) electrons. The second kappa shape index (κ2) is 4.60. The highest BCUT2D eigenvalue weighted by molar-refractivity contribution is 5.81. The maximum absolute atomic E-state index is 11.5. The molecule has 1 N–H and O–H groups in total. The number of nitrogens with one attached hydrogen (secondary N) is 1. The van der Waals surface area contributed by atoms with E-state index in [1.54, 1.807) is 0 Å². The Balaban J connectivity index is 2.33. The molecule has 0 aromatic carbocycles. The summed E-state index contributed by atoms with van der Waals surface area (Å²) in [5.74, 6) is 0.0870. The van der Waals surface area contributed by atoms with Gasteiger partial charge in [-0.05, 0) is 12.0 Å². The lowest BCUT2D eigenvalue weighted by atomic mass is 9.95. The molecule has 0 saturated heterocycles. The number of carbonyl (C=O) groups is 1. The summed E-state index contributed by atoms with van der Waals surface area (Å²) in [5.41, 5.74) is 0.865. The third-order valence-corrected chi connectivity index (χ3v) is 2.14. The number of ether oxygens (including phenoxy) is 1. The smallest absolute Gasteiger partial charge is 0.225 e. The molecular weight excluding hydrogens is 178 g/mol. The van der Waals surface area contributed by atoms with Crippen LogP contribution in [-0.2, 0) is 9.53 Å². The van der Waals surface area contributed by atoms with E-state index in [0.29, 0.717) is 13.2 Å². The first kappa shape index (κ1) is 11.2. The van der Waals surface area contributed by atoms with E-state index >= 15 is 0 Å². The fourth-order valence-corrected chi connectivity index (χ4v) is 1.19. The van der Waals surface area contributed by atoms with Gasteiger partial charge in [-0.1, -0.05) is 26.8 Å². The first-order valence-electron chi connectivity index (χ1n) is 5.04. The van der Waals surface area contributed by atoms with Crippen LogP contribution in [-0.4, -0.2) is 25.7 Å². The molecule has 1 heterocycles. The van der Waals surface area contributed by atoms with Gasteiger partial charge in [0, 0.05) is 12.0 Å². The van der Waals surface area contributed by atoms with E-state index in [1.807, 2.05) is 20.8 Å². The minimum absolute atomic E-state index is 0.0870. The van der Waals surface area contributed by atoms with Crippen molar-refractivity contribution >= 4 is 5.91 Å². The number of amides is 1. The molecule has 0 saturated carbocycles. The van der Waals surface area contributed by atoms with Crippen molar-refractivity contribution in [1.29, 1.82) is 0 Å². The van der Waals surface area contributed by atoms with Crippen molar-refractivity contribution in [3.63, 3.8) is 0 Å². The van der Waals surface area contributed by atoms with Crippen molar-refractivity contribution in [2.75, 3.05) is 19.8 Å². The van der Waals surface area contributed by atoms with Crippen LogP contribution in [0.2, 0.25) is 0 Å². The Morgan fingerprint density at radius 3 is 2.79 bits per heavy atom. The molecule has 0 spiro atoms. The molecule has 0 aliphatic carbocycles. The quantitative estimate of drug-likeness (QED) is 0.681. The normalized spacial score (nSPS) is 17.5. The van der Waals surface area contributed by atoms with Gasteiger partial charge in [0.2, 0.25) is 5.91 Å². The topological polar surface area (TPSA) is 38.3 Å². The largest absolute Gasteiger partial charge is 0.377 e. The molecule has 0 atom stereocenters. The van der Waals surface area contributed by atoms with E-state index in [2.05, 4.69) is 11.4 Å². The summed E-state index contributed by atoms with van der Waals surface area (Å²) in [6.07, 6.45) is 3.10. The lowest BCUT2D eigenvalue weighted by Crippen LogP contribution is -2.36. The Morgan fingerprint density at radius 2 is 2.29 bits per heavy atom. The predicted molar refractivity (Wildman–Crippen MR) is 56.0 cm³/mol. The molecule has 3 heteroatoms. The third kappa shape index (κ3) is 3.50. The number of hydrogen-bond donors (Lipinski definition) is 1. The van der Waals surface area contributed by atoms with Crippen molar-refractivity contribution in [2.24, 2.45) is 5.41 Å². The van der Waals surface area contributed by atoms with Crippen LogP contribution >= 0.6 is 0 Å². The molecule has 1 amide bonds. The minimum Gasteiger partial charge on any atom is -0.377 e. The van der Waals surface area contributed by atoms with Crippen molar-refractivity contribution < 1.29 is 9.53 Å². The van der Waals surface area contributed by atoms with Crippen LogP contribution in [0.3, 0.4) is 0 Å². The van der Waals surface area contributed by atoms with E-state index < -0.39 is 0 Å². The molecule has 3 nitrogen and oxygen atoms in total. The molecule has 0 aromatic rings. The van der Waals surface area contributed by atoms with Gasteiger partial charge in [-0.15, -0.1) is 0 Å². The highest BCUT2D eigenvalue weighted by Crippen LogP contribution is 2.13. The highest BCUT2D eigenvalue weighted by atomic mass is 16.5. The summed E-state index contributed by atoms with van der Waals surface area (Å²) >= 11 is 0. The zero-order valence-electron chi connectivity index (χ0n) is 9.22. The van der Waals surface area contributed by atoms with E-state index in [-0.39, 0.29) is 11.3 Å². The predicted octanol–water partition coefficient (Wildman–Crippen LogP) is 1.50. The lowest BCUT2D eigenvalue weighted by molar-refractivity contribution is -0.128. The SMILES string of the molecule is CC(C)(C)C(=O)NCC1=CCCOC1. The van der Waals surface area contributed by atoms with E-state index in [4.69, 9.17) is 4.74 Å². The van der Waals surface area contributed by atoms with Crippen LogP contribution in [0, 0.1) is 5.41 Å². The summed E-state index contributed by atoms with van der Waals surface area (Å²) in [6.45, 7) is 7.81. The van der Waals surface area contributed by atoms with Crippen molar-refractivity contribution in [1.82, 2.24) is 5.32 Å². The Hall–Kier alpha value is -0.830. The van der Waals surface area contributed by atoms with Crippen molar-refractivity contribution in [2.45, 2.75) is 27.2 Å². The second-order valence-corrected chi connectivity index (χ2v) is 4.64. The maximum atomic E-state index is 11.5. The van der Waals surface area contributed by atoms with Gasteiger partial charge in [-0.25, -0.2) is 0 Å². The average molecular weight is 197 g/mol. The Labute approximate surface area is 85.5 Å². The molecule has 1 aliphatic heterocycles. The summed E-state index contributed by atoms with van der Waals surface area (Å²) in [6, 6.07) is 0. The molecule has 1 rings (SSSR count). The number of carbonyl (C=O) groups excluding carboxylic acids is 1. The highest BCUT2D eigenvalue weighted by Gasteiger charge is 2.20. The van der Waals surface area contributed by atoms with E-state index in [0.717, 1.165) is 13.0 Å². The average Bonchev–Trinajstić information content (AvgIpc) is 2.14. The minimum atomic E-state index is -0.309. The molecule has 0 unspecified atom stereocenters. The van der Waals surface area contributed by atoms with Gasteiger partial charge in [-0.3, -0.25) is 4.79 Å². The molecule has 1 aliphatic rings. The number of rotatable bonds is 2. The van der Waals surface area contributed by atoms with E-state index in [9.17, 15) is 4.79 Å². The molecule has 14 heavy (non-hydrogen) atoms. The van der Waals surface area contributed by atoms with Crippen LogP contribution < -0.4 is 5.32 Å². The van der Waals surface area contributed by atoms with Gasteiger partial charge in [0.05, 0.1) is 13.2 Å². The molecular formula is C11H19NO2. The van der Waals surface area contributed by atoms with Gasteiger partial charge >= 0.3 is 0 Å². The lowest BCUT2D eigenvalue weighted by Gasteiger charge is -2.19. The van der Waals surface area contributed by atoms with Gasteiger partial charge in [0.1, 0.15) is 0 Å². The summed E-state index contributed by atoms with van der Waals surface area (Å²) < 4.78 is 5.28. The fourth-order valence-electron chi connectivity index (χ4n) is 1.19. The van der Waals surface area contributed by atoms with Crippen molar-refractivity contribution in [3.8, 4) is 0 Å². The number of hydrogen-bond acceptors (Lipinski definition) is 2. The molecule has 80 valence electrons. The monoisotopic (exact) mass is 197 g/mol. The Kier molecular flexibility index (Phi) is 3.69. The van der Waals surface area contributed by atoms with Crippen LogP contribution in [0.5, 0.6) is 0 Å². The first-order valence-corrected chi connectivity index (χ1v) is 5.04. The second-order valence-electron chi connectivity index (χ2n) is 4.64. The van der Waals surface area contributed by atoms with Crippen LogP contribution in [0.25, 0.3) is 0 Å². The zero-order valence-corrected chi connectivity index (χ0v) is 9.22. The van der Waals surface area contributed by atoms with E-state index in [1.165, 1.54) is 5.57 Å². The Bertz CT molecular complexity index is 238. The third-order valence-electron chi connectivity index (χ3n) is 2.14. The fraction of sp³-hybridized carbons (Fsp3) is 0.727. The Morgan fingerprint density at radius 1 is 1.57 bits per heavy atom. The van der Waals surface area contributed by atoms with Gasteiger partial charge in [0.25, 0.3) is 0 Å². The van der Waals surface area contributed by atoms with Gasteiger partial charge < -0.3 is 10.1 Å². The van der Waals surface area contributed by atoms with Gasteiger partial charge in [0.15, 0.2) is 0 Å². The summed E-state index contributed by atoms with van der Waals surface area (Å²) in [7, 11) is 0. The molecule has 0 bridgehead atoms. The molecule has 0 aromatic heterocycles. The maximum Gasteiger partial charge on any atom is 0.225 e. The standard InChI is InChI=1S/C11H19NO2/c1-11(2,3)10(13)12-7-9-5-4-6-14-8-9/h5H,4,6-8H2,1-3H3,(H,12,13). The zero-order chi connectivity index (χ0) is 10.6. The first-order chi connectivity index (χ1) is 6.50. The van der Waals surface area contributed by atoms with Crippen molar-refractivity contribution in [3.05, 3.63) is 11.6 Å².